The Hall–Kier alpha value is -0.640. The fourth-order valence-electron chi connectivity index (χ4n) is 1.58. The highest BCUT2D eigenvalue weighted by atomic mass is 35.5. The average Bonchev–Trinajstić information content (AvgIpc) is 2.22. The second-order valence-corrected chi connectivity index (χ2v) is 4.38. The molecule has 90 valence electrons. The van der Waals surface area contributed by atoms with Crippen molar-refractivity contribution in [2.45, 2.75) is 32.4 Å². The lowest BCUT2D eigenvalue weighted by atomic mass is 10.1. The first-order valence-electron chi connectivity index (χ1n) is 5.36. The van der Waals surface area contributed by atoms with Crippen LogP contribution >= 0.6 is 11.6 Å². The lowest BCUT2D eigenvalue weighted by molar-refractivity contribution is 0.264. The van der Waals surface area contributed by atoms with E-state index in [0.717, 1.165) is 5.56 Å². The molecule has 0 saturated heterocycles. The Balaban J connectivity index is 2.65. The molecule has 0 radical (unpaired) electrons. The van der Waals surface area contributed by atoms with E-state index in [1.165, 1.54) is 6.07 Å². The van der Waals surface area contributed by atoms with Crippen molar-refractivity contribution in [2.24, 2.45) is 0 Å². The molecule has 0 bridgehead atoms. The van der Waals surface area contributed by atoms with E-state index in [-0.39, 0.29) is 23.7 Å². The monoisotopic (exact) mass is 245 g/mol. The number of benzene rings is 1. The van der Waals surface area contributed by atoms with Gasteiger partial charge in [0.25, 0.3) is 0 Å². The summed E-state index contributed by atoms with van der Waals surface area (Å²) in [5.41, 5.74) is 0.853. The van der Waals surface area contributed by atoms with Gasteiger partial charge in [-0.2, -0.15) is 0 Å². The van der Waals surface area contributed by atoms with Gasteiger partial charge in [0.2, 0.25) is 0 Å². The van der Waals surface area contributed by atoms with E-state index < -0.39 is 5.82 Å². The third kappa shape index (κ3) is 3.74. The van der Waals surface area contributed by atoms with Crippen LogP contribution in [-0.4, -0.2) is 17.8 Å². The predicted octanol–water partition coefficient (Wildman–Crippen LogP) is 2.90. The summed E-state index contributed by atoms with van der Waals surface area (Å²) in [5.74, 6) is -0.400. The van der Waals surface area contributed by atoms with E-state index in [2.05, 4.69) is 5.32 Å². The van der Waals surface area contributed by atoms with Crippen molar-refractivity contribution in [1.29, 1.82) is 0 Å². The fraction of sp³-hybridized carbons (Fsp3) is 0.500. The molecular weight excluding hydrogens is 229 g/mol. The maximum atomic E-state index is 13.2. The molecule has 0 aliphatic heterocycles. The molecule has 0 aromatic heterocycles. The maximum Gasteiger partial charge on any atom is 0.142 e. The number of hydrogen-bond acceptors (Lipinski definition) is 2. The Morgan fingerprint density at radius 3 is 2.69 bits per heavy atom. The van der Waals surface area contributed by atoms with Crippen molar-refractivity contribution >= 4 is 11.6 Å². The SMILES string of the molecule is CC(N[C@H](C)CCO)c1ccc(Cl)c(F)c1. The van der Waals surface area contributed by atoms with Gasteiger partial charge in [-0.15, -0.1) is 0 Å². The molecule has 2 atom stereocenters. The summed E-state index contributed by atoms with van der Waals surface area (Å²) in [6.07, 6.45) is 0.681. The van der Waals surface area contributed by atoms with Crippen LogP contribution in [0.4, 0.5) is 4.39 Å². The zero-order chi connectivity index (χ0) is 12.1. The van der Waals surface area contributed by atoms with Crippen LogP contribution in [-0.2, 0) is 0 Å². The second kappa shape index (κ2) is 6.18. The van der Waals surface area contributed by atoms with Crippen molar-refractivity contribution in [3.8, 4) is 0 Å². The van der Waals surface area contributed by atoms with E-state index in [4.69, 9.17) is 16.7 Å². The highest BCUT2D eigenvalue weighted by Crippen LogP contribution is 2.20. The molecule has 1 rings (SSSR count). The molecule has 1 unspecified atom stereocenters. The highest BCUT2D eigenvalue weighted by molar-refractivity contribution is 6.30. The van der Waals surface area contributed by atoms with Crippen LogP contribution in [0.1, 0.15) is 31.9 Å². The van der Waals surface area contributed by atoms with Gasteiger partial charge < -0.3 is 10.4 Å². The number of aliphatic hydroxyl groups is 1. The normalized spacial score (nSPS) is 14.8. The predicted molar refractivity (Wildman–Crippen MR) is 64.1 cm³/mol. The molecule has 0 aliphatic rings. The van der Waals surface area contributed by atoms with Gasteiger partial charge >= 0.3 is 0 Å². The van der Waals surface area contributed by atoms with Gasteiger partial charge in [-0.3, -0.25) is 0 Å². The average molecular weight is 246 g/mol. The summed E-state index contributed by atoms with van der Waals surface area (Å²) in [6.45, 7) is 4.09. The van der Waals surface area contributed by atoms with Crippen LogP contribution in [0.15, 0.2) is 18.2 Å². The number of aliphatic hydroxyl groups excluding tert-OH is 1. The molecule has 2 nitrogen and oxygen atoms in total. The zero-order valence-corrected chi connectivity index (χ0v) is 10.3. The summed E-state index contributed by atoms with van der Waals surface area (Å²) >= 11 is 5.61. The van der Waals surface area contributed by atoms with Crippen LogP contribution in [0.3, 0.4) is 0 Å². The van der Waals surface area contributed by atoms with Crippen LogP contribution in [0, 0.1) is 5.82 Å². The number of hydrogen-bond donors (Lipinski definition) is 2. The van der Waals surface area contributed by atoms with Gasteiger partial charge in [-0.25, -0.2) is 4.39 Å². The van der Waals surface area contributed by atoms with E-state index in [1.54, 1.807) is 12.1 Å². The van der Waals surface area contributed by atoms with Gasteiger partial charge in [0.1, 0.15) is 5.82 Å². The van der Waals surface area contributed by atoms with Crippen LogP contribution < -0.4 is 5.32 Å². The quantitative estimate of drug-likeness (QED) is 0.836. The second-order valence-electron chi connectivity index (χ2n) is 3.98. The zero-order valence-electron chi connectivity index (χ0n) is 9.50. The van der Waals surface area contributed by atoms with Gasteiger partial charge in [-0.05, 0) is 38.0 Å². The number of halogens is 2. The van der Waals surface area contributed by atoms with Gasteiger partial charge in [0, 0.05) is 18.7 Å². The van der Waals surface area contributed by atoms with Crippen molar-refractivity contribution < 1.29 is 9.50 Å². The minimum absolute atomic E-state index is 0.0355. The lowest BCUT2D eigenvalue weighted by Crippen LogP contribution is -2.29. The molecule has 4 heteroatoms. The van der Waals surface area contributed by atoms with Crippen LogP contribution in [0.25, 0.3) is 0 Å². The molecule has 0 fully saturated rings. The molecule has 0 spiro atoms. The Kier molecular flexibility index (Phi) is 5.19. The molecule has 1 aromatic rings. The number of nitrogens with one attached hydrogen (secondary N) is 1. The molecule has 1 aromatic carbocycles. The summed E-state index contributed by atoms with van der Waals surface area (Å²) < 4.78 is 13.2. The first kappa shape index (κ1) is 13.4. The summed E-state index contributed by atoms with van der Waals surface area (Å²) in [7, 11) is 0. The van der Waals surface area contributed by atoms with Gasteiger partial charge in [-0.1, -0.05) is 17.7 Å². The smallest absolute Gasteiger partial charge is 0.142 e. The Morgan fingerprint density at radius 2 is 2.12 bits per heavy atom. The molecule has 0 saturated carbocycles. The molecule has 0 heterocycles. The largest absolute Gasteiger partial charge is 0.396 e. The summed E-state index contributed by atoms with van der Waals surface area (Å²) in [4.78, 5) is 0. The maximum absolute atomic E-state index is 13.2. The first-order valence-corrected chi connectivity index (χ1v) is 5.74. The summed E-state index contributed by atoms with van der Waals surface area (Å²) in [5, 5.41) is 12.2. The fourth-order valence-corrected chi connectivity index (χ4v) is 1.70. The Bertz CT molecular complexity index is 346. The molecule has 16 heavy (non-hydrogen) atoms. The van der Waals surface area contributed by atoms with E-state index in [0.29, 0.717) is 6.42 Å². The number of rotatable bonds is 5. The minimum Gasteiger partial charge on any atom is -0.396 e. The van der Waals surface area contributed by atoms with Crippen molar-refractivity contribution in [3.63, 3.8) is 0 Å². The molecular formula is C12H17ClFNO. The van der Waals surface area contributed by atoms with Crippen molar-refractivity contribution in [2.75, 3.05) is 6.61 Å². The molecule has 0 aliphatic carbocycles. The van der Waals surface area contributed by atoms with E-state index in [1.807, 2.05) is 13.8 Å². The van der Waals surface area contributed by atoms with Gasteiger partial charge in [0.05, 0.1) is 5.02 Å². The first-order chi connectivity index (χ1) is 7.54. The van der Waals surface area contributed by atoms with Crippen LogP contribution in [0.5, 0.6) is 0 Å². The molecule has 2 N–H and O–H groups in total. The standard InChI is InChI=1S/C12H17ClFNO/c1-8(5-6-16)15-9(2)10-3-4-11(13)12(14)7-10/h3-4,7-9,15-16H,5-6H2,1-2H3/t8-,9?/m1/s1. The third-order valence-corrected chi connectivity index (χ3v) is 2.85. The van der Waals surface area contributed by atoms with Crippen molar-refractivity contribution in [1.82, 2.24) is 5.32 Å². The molecule has 0 amide bonds. The summed E-state index contributed by atoms with van der Waals surface area (Å²) in [6, 6.07) is 5.02. The lowest BCUT2D eigenvalue weighted by Gasteiger charge is -2.19. The van der Waals surface area contributed by atoms with Crippen molar-refractivity contribution in [3.05, 3.63) is 34.6 Å². The highest BCUT2D eigenvalue weighted by Gasteiger charge is 2.10. The Labute approximate surface area is 100 Å². The third-order valence-electron chi connectivity index (χ3n) is 2.54. The van der Waals surface area contributed by atoms with Gasteiger partial charge in [0.15, 0.2) is 0 Å². The topological polar surface area (TPSA) is 32.3 Å². The minimum atomic E-state index is -0.400. The van der Waals surface area contributed by atoms with Crippen LogP contribution in [0.2, 0.25) is 5.02 Å². The Morgan fingerprint density at radius 1 is 1.44 bits per heavy atom. The van der Waals surface area contributed by atoms with E-state index >= 15 is 0 Å². The van der Waals surface area contributed by atoms with E-state index in [9.17, 15) is 4.39 Å².